The summed E-state index contributed by atoms with van der Waals surface area (Å²) < 4.78 is 13.5. The number of anilines is 1. The molecule has 0 aromatic heterocycles. The highest BCUT2D eigenvalue weighted by Gasteiger charge is 2.75. The Morgan fingerprint density at radius 3 is 2.37 bits per heavy atom. The summed E-state index contributed by atoms with van der Waals surface area (Å²) >= 11 is 10.3. The average Bonchev–Trinajstić information content (AvgIpc) is 3.68. The number of likely N-dealkylation sites (N-methyl/N-ethyl adjacent to an activating group) is 1. The largest absolute Gasteiger partial charge is 0.455 e. The van der Waals surface area contributed by atoms with Gasteiger partial charge in [0, 0.05) is 24.5 Å². The van der Waals surface area contributed by atoms with Crippen LogP contribution in [0.25, 0.3) is 0 Å². The molecule has 1 spiro atoms. The molecule has 5 bridgehead atoms. The number of cyclic esters (lactones) is 1. The van der Waals surface area contributed by atoms with Crippen molar-refractivity contribution in [2.45, 2.75) is 69.5 Å². The number of ether oxygens (including phenoxy) is 2. The fourth-order valence-corrected chi connectivity index (χ4v) is 8.68. The Bertz CT molecular complexity index is 1680. The van der Waals surface area contributed by atoms with Gasteiger partial charge in [0.15, 0.2) is 0 Å². The molecule has 4 aliphatic heterocycles. The third-order valence-corrected chi connectivity index (χ3v) is 11.4. The number of amides is 3. The van der Waals surface area contributed by atoms with Gasteiger partial charge in [0.1, 0.15) is 29.8 Å². The van der Waals surface area contributed by atoms with E-state index in [1.807, 2.05) is 57.2 Å². The van der Waals surface area contributed by atoms with E-state index in [0.29, 0.717) is 27.2 Å². The van der Waals surface area contributed by atoms with Crippen molar-refractivity contribution in [2.75, 3.05) is 25.1 Å². The van der Waals surface area contributed by atoms with Crippen LogP contribution in [0, 0.1) is 17.8 Å². The van der Waals surface area contributed by atoms with Crippen LogP contribution < -0.4 is 4.90 Å². The molecule has 8 atom stereocenters. The summed E-state index contributed by atoms with van der Waals surface area (Å²) in [5.41, 5.74) is -0.422. The molecule has 0 saturated carbocycles. The number of likely N-dealkylation sites (tertiary alicyclic amines) is 1. The summed E-state index contributed by atoms with van der Waals surface area (Å²) in [7, 11) is 1.69. The first-order valence-electron chi connectivity index (χ1n) is 16.6. The van der Waals surface area contributed by atoms with Crippen LogP contribution in [0.1, 0.15) is 45.3 Å². The van der Waals surface area contributed by atoms with Crippen molar-refractivity contribution >= 4 is 56.9 Å². The van der Waals surface area contributed by atoms with E-state index < -0.39 is 72.2 Å². The van der Waals surface area contributed by atoms with E-state index in [9.17, 15) is 19.5 Å². The molecule has 2 aromatic rings. The number of halogens is 2. The van der Waals surface area contributed by atoms with Crippen LogP contribution in [0.2, 0.25) is 5.02 Å². The fourth-order valence-electron chi connectivity index (χ4n) is 7.71. The number of allylic oxidation sites excluding steroid dienone is 1. The Balaban J connectivity index is 1.52. The first-order chi connectivity index (χ1) is 23.4. The van der Waals surface area contributed by atoms with Crippen LogP contribution in [0.15, 0.2) is 77.3 Å². The molecule has 4 aliphatic rings. The molecule has 1 N–H and O–H groups in total. The summed E-state index contributed by atoms with van der Waals surface area (Å²) in [6.45, 7) is 5.25. The predicted octanol–water partition coefficient (Wildman–Crippen LogP) is 5.04. The predicted molar refractivity (Wildman–Crippen MR) is 188 cm³/mol. The molecule has 0 aliphatic carbocycles. The lowest BCUT2D eigenvalue weighted by molar-refractivity contribution is -0.164. The van der Waals surface area contributed by atoms with Crippen molar-refractivity contribution in [1.29, 1.82) is 0 Å². The van der Waals surface area contributed by atoms with Crippen molar-refractivity contribution in [3.8, 4) is 0 Å². The van der Waals surface area contributed by atoms with Crippen LogP contribution >= 0.6 is 27.5 Å². The number of fused-ring (bicyclic) bond motifs is 2. The van der Waals surface area contributed by atoms with E-state index in [-0.39, 0.29) is 24.8 Å². The number of hydrogen-bond acceptors (Lipinski definition) is 7. The third kappa shape index (κ3) is 6.02. The molecule has 3 amide bonds. The lowest BCUT2D eigenvalue weighted by atomic mass is 9.74. The van der Waals surface area contributed by atoms with Gasteiger partial charge < -0.3 is 29.3 Å². The molecule has 12 heteroatoms. The second-order valence-electron chi connectivity index (χ2n) is 13.5. The van der Waals surface area contributed by atoms with E-state index in [4.69, 9.17) is 21.1 Å². The topological polar surface area (TPSA) is 117 Å². The zero-order chi connectivity index (χ0) is 35.2. The first-order valence-corrected chi connectivity index (χ1v) is 17.8. The maximum atomic E-state index is 15.1. The van der Waals surface area contributed by atoms with Crippen LogP contribution in [-0.4, -0.2) is 88.6 Å². The third-order valence-electron chi connectivity index (χ3n) is 10.4. The minimum Gasteiger partial charge on any atom is -0.455 e. The molecular weight excluding hydrogens is 714 g/mol. The minimum atomic E-state index is -1.54. The Hall–Kier alpha value is -3.51. The number of aliphatic hydroxyl groups is 1. The number of rotatable bonds is 5. The number of benzene rings is 2. The van der Waals surface area contributed by atoms with Gasteiger partial charge in [-0.25, -0.2) is 0 Å². The SMILES string of the molecule is CC(C)[C@H](CO)N1C(=O)[C@H]2[C@@H]3C(=O)O[C@H](c4ccccc4)[C@@H](C)N(C)C(=O)CC/C=C\CN(c4ccccc4Cl)C(=O)[C@H]1[C@@]21C=C(Br)[C@@H]3O1. The second-order valence-corrected chi connectivity index (χ2v) is 14.8. The summed E-state index contributed by atoms with van der Waals surface area (Å²) in [5.74, 6) is -4.23. The summed E-state index contributed by atoms with van der Waals surface area (Å²) in [6, 6.07) is 13.6. The Morgan fingerprint density at radius 1 is 1.00 bits per heavy atom. The van der Waals surface area contributed by atoms with Crippen LogP contribution in [0.5, 0.6) is 0 Å². The fraction of sp³-hybridized carbons (Fsp3) is 0.459. The average molecular weight is 755 g/mol. The van der Waals surface area contributed by atoms with Gasteiger partial charge in [-0.1, -0.05) is 96.0 Å². The zero-order valence-electron chi connectivity index (χ0n) is 27.9. The number of hydrogen-bond donors (Lipinski definition) is 1. The summed E-state index contributed by atoms with van der Waals surface area (Å²) in [4.78, 5) is 62.2. The van der Waals surface area contributed by atoms with Crippen LogP contribution in [0.4, 0.5) is 5.69 Å². The van der Waals surface area contributed by atoms with Crippen LogP contribution in [-0.2, 0) is 28.7 Å². The normalized spacial score (nSPS) is 32.0. The molecule has 4 heterocycles. The van der Waals surface area contributed by atoms with Gasteiger partial charge >= 0.3 is 5.97 Å². The van der Waals surface area contributed by atoms with Gasteiger partial charge in [-0.3, -0.25) is 19.2 Å². The van der Waals surface area contributed by atoms with Crippen LogP contribution in [0.3, 0.4) is 0 Å². The lowest BCUT2D eigenvalue weighted by Gasteiger charge is -2.40. The lowest BCUT2D eigenvalue weighted by Crippen LogP contribution is -2.59. The Labute approximate surface area is 299 Å². The maximum absolute atomic E-state index is 15.1. The van der Waals surface area contributed by atoms with Crippen molar-refractivity contribution in [2.24, 2.45) is 17.8 Å². The van der Waals surface area contributed by atoms with Gasteiger partial charge in [0.05, 0.1) is 35.3 Å². The van der Waals surface area contributed by atoms with E-state index in [0.717, 1.165) is 0 Å². The van der Waals surface area contributed by atoms with Crippen molar-refractivity contribution in [1.82, 2.24) is 9.80 Å². The molecule has 2 saturated heterocycles. The highest BCUT2D eigenvalue weighted by Crippen LogP contribution is 2.59. The van der Waals surface area contributed by atoms with E-state index in [1.165, 1.54) is 9.80 Å². The van der Waals surface area contributed by atoms with E-state index >= 15 is 4.79 Å². The quantitative estimate of drug-likeness (QED) is 0.336. The van der Waals surface area contributed by atoms with Gasteiger partial charge in [0.2, 0.25) is 11.8 Å². The van der Waals surface area contributed by atoms with Gasteiger partial charge in [-0.2, -0.15) is 0 Å². The smallest absolute Gasteiger partial charge is 0.313 e. The molecule has 2 fully saturated rings. The molecule has 0 radical (unpaired) electrons. The van der Waals surface area contributed by atoms with Crippen molar-refractivity contribution < 1.29 is 33.8 Å². The number of carbonyl (C=O) groups excluding carboxylic acids is 4. The number of para-hydroxylation sites is 1. The maximum Gasteiger partial charge on any atom is 0.313 e. The van der Waals surface area contributed by atoms with Gasteiger partial charge in [-0.15, -0.1) is 0 Å². The van der Waals surface area contributed by atoms with Crippen molar-refractivity contribution in [3.63, 3.8) is 0 Å². The number of aliphatic hydroxyl groups excluding tert-OH is 1. The summed E-state index contributed by atoms with van der Waals surface area (Å²) in [5, 5.41) is 11.0. The Morgan fingerprint density at radius 2 is 1.69 bits per heavy atom. The van der Waals surface area contributed by atoms with E-state index in [2.05, 4.69) is 15.9 Å². The first kappa shape index (κ1) is 35.3. The highest BCUT2D eigenvalue weighted by atomic mass is 79.9. The highest BCUT2D eigenvalue weighted by molar-refractivity contribution is 9.11. The molecule has 2 aromatic carbocycles. The molecule has 6 rings (SSSR count). The van der Waals surface area contributed by atoms with Crippen molar-refractivity contribution in [3.05, 3.63) is 87.9 Å². The molecule has 10 nitrogen and oxygen atoms in total. The molecule has 260 valence electrons. The monoisotopic (exact) mass is 753 g/mol. The molecule has 0 unspecified atom stereocenters. The number of nitrogens with zero attached hydrogens (tertiary/aromatic N) is 3. The molecular formula is C37H41BrClN3O7. The van der Waals surface area contributed by atoms with Gasteiger partial charge in [-0.05, 0) is 43.0 Å². The Kier molecular flexibility index (Phi) is 10.1. The minimum absolute atomic E-state index is 0.0869. The molecule has 49 heavy (non-hydrogen) atoms. The second kappa shape index (κ2) is 14.0. The summed E-state index contributed by atoms with van der Waals surface area (Å²) in [6.07, 6.45) is 4.24. The standard InChI is InChI=1S/C37H41BrClN3O7/c1-21(2)27(20-43)42-33-35(46)41(26-16-11-10-15-25(26)39)18-12-6-9-17-28(44)40(4)22(3)31(23-13-7-5-8-14-23)48-36(47)29-30(34(42)45)37(33)19-24(38)32(29)49-37/h5-8,10-16,19,21-22,27,29-33,43H,9,17-18,20H2,1-4H3/b12-6-/t22-,27+,29+,30-,31+,32+,33+,37-/m1/s1. The number of esters is 1. The van der Waals surface area contributed by atoms with E-state index in [1.54, 1.807) is 48.4 Å². The zero-order valence-corrected chi connectivity index (χ0v) is 30.2. The van der Waals surface area contributed by atoms with Gasteiger partial charge in [0.25, 0.3) is 5.91 Å². The number of carbonyl (C=O) groups is 4.